The van der Waals surface area contributed by atoms with Gasteiger partial charge >= 0.3 is 0 Å². The molecule has 0 aliphatic carbocycles. The molecule has 0 fully saturated rings. The van der Waals surface area contributed by atoms with Crippen LogP contribution in [0.4, 0.5) is 0 Å². The minimum absolute atomic E-state index is 0.0234. The fraction of sp³-hybridized carbons (Fsp3) is 0.417. The lowest BCUT2D eigenvalue weighted by atomic mass is 10.0. The van der Waals surface area contributed by atoms with Crippen LogP contribution in [0.1, 0.15) is 37.6 Å². The van der Waals surface area contributed by atoms with E-state index in [2.05, 4.69) is 5.32 Å². The van der Waals surface area contributed by atoms with Crippen molar-refractivity contribution >= 4 is 39.1 Å². The molecule has 3 N–H and O–H groups in total. The van der Waals surface area contributed by atoms with Crippen molar-refractivity contribution in [1.82, 2.24) is 5.32 Å². The molecular weight excluding hydrogens is 323 g/mol. The predicted octanol–water partition coefficient (Wildman–Crippen LogP) is 2.56. The number of carbonyl (C=O) groups is 1. The van der Waals surface area contributed by atoms with Crippen molar-refractivity contribution < 1.29 is 13.2 Å². The second kappa shape index (κ2) is 5.89. The maximum Gasteiger partial charge on any atom is 0.253 e. The number of halogens is 2. The smallest absolute Gasteiger partial charge is 0.253 e. The molecule has 1 aromatic carbocycles. The van der Waals surface area contributed by atoms with Gasteiger partial charge in [0.1, 0.15) is 4.90 Å². The summed E-state index contributed by atoms with van der Waals surface area (Å²) < 4.78 is 22.9. The lowest BCUT2D eigenvalue weighted by Crippen LogP contribution is -2.43. The summed E-state index contributed by atoms with van der Waals surface area (Å²) in [5.41, 5.74) is -0.477. The number of amides is 1. The molecule has 0 unspecified atom stereocenters. The fourth-order valence-electron chi connectivity index (χ4n) is 1.40. The van der Waals surface area contributed by atoms with Gasteiger partial charge in [-0.05, 0) is 32.4 Å². The first-order chi connectivity index (χ1) is 8.98. The minimum Gasteiger partial charge on any atom is -0.347 e. The first-order valence-corrected chi connectivity index (χ1v) is 8.12. The van der Waals surface area contributed by atoms with Gasteiger partial charge in [-0.1, -0.05) is 30.1 Å². The van der Waals surface area contributed by atoms with Crippen LogP contribution in [0, 0.1) is 0 Å². The lowest BCUT2D eigenvalue weighted by Gasteiger charge is -2.25. The zero-order chi connectivity index (χ0) is 15.7. The number of primary sulfonamides is 1. The van der Waals surface area contributed by atoms with Gasteiger partial charge in [-0.3, -0.25) is 4.79 Å². The molecule has 1 amide bonds. The van der Waals surface area contributed by atoms with Crippen LogP contribution >= 0.6 is 23.2 Å². The van der Waals surface area contributed by atoms with E-state index in [-0.39, 0.29) is 20.5 Å². The quantitative estimate of drug-likeness (QED) is 0.883. The van der Waals surface area contributed by atoms with Crippen molar-refractivity contribution in [2.75, 3.05) is 0 Å². The van der Waals surface area contributed by atoms with Crippen molar-refractivity contribution in [2.24, 2.45) is 5.14 Å². The Morgan fingerprint density at radius 3 is 2.35 bits per heavy atom. The normalized spacial score (nSPS) is 12.3. The maximum atomic E-state index is 12.2. The highest BCUT2D eigenvalue weighted by Gasteiger charge is 2.24. The first kappa shape index (κ1) is 17.2. The van der Waals surface area contributed by atoms with Gasteiger partial charge < -0.3 is 5.32 Å². The molecule has 112 valence electrons. The Hall–Kier alpha value is -0.820. The molecule has 0 radical (unpaired) electrons. The summed E-state index contributed by atoms with van der Waals surface area (Å²) in [6.07, 6.45) is 0.693. The highest BCUT2D eigenvalue weighted by atomic mass is 35.5. The van der Waals surface area contributed by atoms with Crippen molar-refractivity contribution in [3.05, 3.63) is 27.7 Å². The van der Waals surface area contributed by atoms with Crippen molar-refractivity contribution in [3.63, 3.8) is 0 Å². The Kier molecular flexibility index (Phi) is 5.08. The Bertz CT molecular complexity index is 642. The molecular formula is C12H16Cl2N2O3S. The maximum absolute atomic E-state index is 12.2. The standard InChI is InChI=1S/C12H16Cl2N2O3S/c1-4-12(2,3)16-11(17)8-5-7(13)6-9(10(8)14)20(15,18)19/h5-6H,4H2,1-3H3,(H,16,17)(H2,15,18,19). The van der Waals surface area contributed by atoms with Gasteiger partial charge in [0.05, 0.1) is 10.6 Å². The molecule has 8 heteroatoms. The molecule has 0 aliphatic heterocycles. The summed E-state index contributed by atoms with van der Waals surface area (Å²) in [5, 5.41) is 7.63. The lowest BCUT2D eigenvalue weighted by molar-refractivity contribution is 0.0911. The van der Waals surface area contributed by atoms with Crippen molar-refractivity contribution in [3.8, 4) is 0 Å². The Morgan fingerprint density at radius 1 is 1.35 bits per heavy atom. The third-order valence-corrected chi connectivity index (χ3v) is 4.56. The van der Waals surface area contributed by atoms with E-state index >= 15 is 0 Å². The van der Waals surface area contributed by atoms with Crippen LogP contribution in [0.3, 0.4) is 0 Å². The van der Waals surface area contributed by atoms with Crippen LogP contribution in [0.5, 0.6) is 0 Å². The van der Waals surface area contributed by atoms with Crippen molar-refractivity contribution in [1.29, 1.82) is 0 Å². The monoisotopic (exact) mass is 338 g/mol. The first-order valence-electron chi connectivity index (χ1n) is 5.82. The molecule has 0 spiro atoms. The Labute approximate surface area is 128 Å². The average Bonchev–Trinajstić information content (AvgIpc) is 2.29. The number of nitrogens with two attached hydrogens (primary N) is 1. The number of hydrogen-bond acceptors (Lipinski definition) is 3. The number of hydrogen-bond donors (Lipinski definition) is 2. The zero-order valence-corrected chi connectivity index (χ0v) is 13.7. The van der Waals surface area contributed by atoms with Gasteiger partial charge in [-0.25, -0.2) is 13.6 Å². The second-order valence-corrected chi connectivity index (χ2v) is 7.35. The molecule has 1 rings (SSSR count). The van der Waals surface area contributed by atoms with Crippen LogP contribution in [0.2, 0.25) is 10.0 Å². The SMILES string of the molecule is CCC(C)(C)NC(=O)c1cc(Cl)cc(S(N)(=O)=O)c1Cl. The van der Waals surface area contributed by atoms with Gasteiger partial charge in [-0.2, -0.15) is 0 Å². The molecule has 20 heavy (non-hydrogen) atoms. The third-order valence-electron chi connectivity index (χ3n) is 2.89. The summed E-state index contributed by atoms with van der Waals surface area (Å²) in [6, 6.07) is 2.42. The molecule has 0 saturated carbocycles. The number of sulfonamides is 1. The topological polar surface area (TPSA) is 89.3 Å². The van der Waals surface area contributed by atoms with Gasteiger partial charge in [0.25, 0.3) is 5.91 Å². The van der Waals surface area contributed by atoms with Crippen LogP contribution in [0.25, 0.3) is 0 Å². The largest absolute Gasteiger partial charge is 0.347 e. The third kappa shape index (κ3) is 4.09. The molecule has 0 heterocycles. The van der Waals surface area contributed by atoms with Crippen molar-refractivity contribution in [2.45, 2.75) is 37.6 Å². The molecule has 5 nitrogen and oxygen atoms in total. The average molecular weight is 339 g/mol. The fourth-order valence-corrected chi connectivity index (χ4v) is 2.85. The Balaban J connectivity index is 3.33. The minimum atomic E-state index is -4.06. The highest BCUT2D eigenvalue weighted by molar-refractivity contribution is 7.89. The number of carbonyl (C=O) groups excluding carboxylic acids is 1. The van der Waals surface area contributed by atoms with E-state index in [1.165, 1.54) is 6.07 Å². The van der Waals surface area contributed by atoms with E-state index < -0.39 is 21.5 Å². The van der Waals surface area contributed by atoms with E-state index in [0.717, 1.165) is 6.07 Å². The van der Waals surface area contributed by atoms with Gasteiger partial charge in [0.2, 0.25) is 10.0 Å². The molecule has 1 aromatic rings. The van der Waals surface area contributed by atoms with Crippen LogP contribution < -0.4 is 10.5 Å². The van der Waals surface area contributed by atoms with E-state index in [1.54, 1.807) is 0 Å². The van der Waals surface area contributed by atoms with E-state index in [4.69, 9.17) is 28.3 Å². The van der Waals surface area contributed by atoms with E-state index in [9.17, 15) is 13.2 Å². The predicted molar refractivity (Wildman–Crippen MR) is 79.7 cm³/mol. The summed E-state index contributed by atoms with van der Waals surface area (Å²) in [4.78, 5) is 11.8. The van der Waals surface area contributed by atoms with Gasteiger partial charge in [0, 0.05) is 10.6 Å². The Morgan fingerprint density at radius 2 is 1.90 bits per heavy atom. The van der Waals surface area contributed by atoms with E-state index in [1.807, 2.05) is 20.8 Å². The number of benzene rings is 1. The summed E-state index contributed by atoms with van der Waals surface area (Å²) in [5.74, 6) is -0.505. The molecule has 0 bridgehead atoms. The van der Waals surface area contributed by atoms with Gasteiger partial charge in [0.15, 0.2) is 0 Å². The van der Waals surface area contributed by atoms with E-state index in [0.29, 0.717) is 6.42 Å². The van der Waals surface area contributed by atoms with Crippen LogP contribution in [-0.4, -0.2) is 19.9 Å². The van der Waals surface area contributed by atoms with Crippen LogP contribution in [-0.2, 0) is 10.0 Å². The van der Waals surface area contributed by atoms with Crippen LogP contribution in [0.15, 0.2) is 17.0 Å². The molecule has 0 aromatic heterocycles. The molecule has 0 saturated heterocycles. The highest BCUT2D eigenvalue weighted by Crippen LogP contribution is 2.29. The van der Waals surface area contributed by atoms with Gasteiger partial charge in [-0.15, -0.1) is 0 Å². The second-order valence-electron chi connectivity index (χ2n) is 5.00. The number of rotatable bonds is 4. The zero-order valence-electron chi connectivity index (χ0n) is 11.3. The molecule has 0 atom stereocenters. The molecule has 0 aliphatic rings. The summed E-state index contributed by atoms with van der Waals surface area (Å²) in [6.45, 7) is 5.59. The number of nitrogens with one attached hydrogen (secondary N) is 1. The summed E-state index contributed by atoms with van der Waals surface area (Å²) >= 11 is 11.8. The summed E-state index contributed by atoms with van der Waals surface area (Å²) in [7, 11) is -4.06.